The fourth-order valence-corrected chi connectivity index (χ4v) is 6.85. The molecular formula is C20H24N2O3S. The number of fused-ring (bicyclic) bond motifs is 5. The van der Waals surface area contributed by atoms with E-state index in [2.05, 4.69) is 13.8 Å². The summed E-state index contributed by atoms with van der Waals surface area (Å²) in [5, 5.41) is 0.439. The van der Waals surface area contributed by atoms with Crippen LogP contribution in [0.4, 0.5) is 5.00 Å². The lowest BCUT2D eigenvalue weighted by atomic mass is 9.81. The third-order valence-corrected chi connectivity index (χ3v) is 7.56. The third-order valence-electron chi connectivity index (χ3n) is 6.42. The van der Waals surface area contributed by atoms with Gasteiger partial charge in [0.2, 0.25) is 11.8 Å². The molecule has 1 aromatic heterocycles. The number of aryl methyl sites for hydroxylation is 1. The third kappa shape index (κ3) is 2.05. The van der Waals surface area contributed by atoms with Crippen LogP contribution in [0.3, 0.4) is 0 Å². The Kier molecular flexibility index (Phi) is 3.88. The molecule has 1 aliphatic heterocycles. The zero-order chi connectivity index (χ0) is 18.9. The standard InChI is InChI=1S/C20H24N2O3S/c1-5-10-9(4)26-20(16(10)17(21)23)22-18(24)14-11-6-7-12(13(11)8(2)3)15(14)19(22)25/h11-12,14-15H,5-7H2,1-4H3,(H2,21,23)/t11-,12+,14-,15-/m0/s1. The van der Waals surface area contributed by atoms with E-state index in [9.17, 15) is 14.4 Å². The first-order valence-corrected chi connectivity index (χ1v) is 10.1. The van der Waals surface area contributed by atoms with Gasteiger partial charge in [-0.1, -0.05) is 18.1 Å². The second-order valence-electron chi connectivity index (χ2n) is 7.84. The number of imide groups is 1. The minimum Gasteiger partial charge on any atom is -0.365 e. The lowest BCUT2D eigenvalue weighted by molar-refractivity contribution is -0.122. The molecule has 0 radical (unpaired) electrons. The molecule has 0 spiro atoms. The smallest absolute Gasteiger partial charge is 0.252 e. The second kappa shape index (κ2) is 5.78. The molecule has 2 aliphatic carbocycles. The average molecular weight is 372 g/mol. The lowest BCUT2D eigenvalue weighted by Gasteiger charge is -2.18. The molecule has 5 nitrogen and oxygen atoms in total. The number of hydrogen-bond acceptors (Lipinski definition) is 4. The first kappa shape index (κ1) is 17.5. The fraction of sp³-hybridized carbons (Fsp3) is 0.550. The van der Waals surface area contributed by atoms with E-state index in [0.29, 0.717) is 17.0 Å². The van der Waals surface area contributed by atoms with Gasteiger partial charge in [0.05, 0.1) is 17.4 Å². The van der Waals surface area contributed by atoms with Crippen molar-refractivity contribution in [3.63, 3.8) is 0 Å². The normalized spacial score (nSPS) is 29.7. The van der Waals surface area contributed by atoms with Crippen molar-refractivity contribution >= 4 is 34.1 Å². The van der Waals surface area contributed by atoms with Gasteiger partial charge in [0.1, 0.15) is 5.00 Å². The summed E-state index contributed by atoms with van der Waals surface area (Å²) in [7, 11) is 0. The van der Waals surface area contributed by atoms with Crippen molar-refractivity contribution in [2.75, 3.05) is 4.90 Å². The minimum atomic E-state index is -0.563. The number of allylic oxidation sites excluding steroid dienone is 2. The minimum absolute atomic E-state index is 0.141. The van der Waals surface area contributed by atoms with Crippen molar-refractivity contribution in [1.29, 1.82) is 0 Å². The monoisotopic (exact) mass is 372 g/mol. The van der Waals surface area contributed by atoms with Gasteiger partial charge in [0.15, 0.2) is 0 Å². The number of primary amides is 1. The van der Waals surface area contributed by atoms with Crippen LogP contribution in [0.15, 0.2) is 11.1 Å². The van der Waals surface area contributed by atoms with Crippen LogP contribution >= 0.6 is 11.3 Å². The summed E-state index contributed by atoms with van der Waals surface area (Å²) in [6.45, 7) is 8.02. The van der Waals surface area contributed by atoms with Crippen molar-refractivity contribution in [3.05, 3.63) is 27.2 Å². The van der Waals surface area contributed by atoms with Crippen LogP contribution in [0.1, 0.15) is 54.4 Å². The van der Waals surface area contributed by atoms with Crippen molar-refractivity contribution in [3.8, 4) is 0 Å². The van der Waals surface area contributed by atoms with Crippen molar-refractivity contribution in [1.82, 2.24) is 0 Å². The number of nitrogens with two attached hydrogens (primary N) is 1. The van der Waals surface area contributed by atoms with E-state index < -0.39 is 5.91 Å². The van der Waals surface area contributed by atoms with Crippen LogP contribution in [0.2, 0.25) is 0 Å². The Balaban J connectivity index is 1.82. The van der Waals surface area contributed by atoms with Gasteiger partial charge < -0.3 is 5.73 Å². The molecule has 4 atom stereocenters. The summed E-state index contributed by atoms with van der Waals surface area (Å²) in [5.41, 5.74) is 9.40. The Hall–Kier alpha value is -1.95. The SMILES string of the molecule is CCc1c(C)sc(N2C(=O)[C@@H]3[C@@H](C2=O)[C@H]2CC[C@@H]3C2=C(C)C)c1C(N)=O. The van der Waals surface area contributed by atoms with Gasteiger partial charge >= 0.3 is 0 Å². The average Bonchev–Trinajstić information content (AvgIpc) is 3.27. The predicted molar refractivity (Wildman–Crippen MR) is 101 cm³/mol. The fourth-order valence-electron chi connectivity index (χ4n) is 5.59. The lowest BCUT2D eigenvalue weighted by Crippen LogP contribution is -2.34. The van der Waals surface area contributed by atoms with Crippen LogP contribution < -0.4 is 10.6 Å². The van der Waals surface area contributed by atoms with E-state index in [-0.39, 0.29) is 35.5 Å². The van der Waals surface area contributed by atoms with Crippen LogP contribution in [0.5, 0.6) is 0 Å². The molecule has 1 saturated heterocycles. The summed E-state index contributed by atoms with van der Waals surface area (Å²) in [6.07, 6.45) is 2.61. The van der Waals surface area contributed by atoms with Gasteiger partial charge in [-0.3, -0.25) is 14.4 Å². The topological polar surface area (TPSA) is 80.5 Å². The molecule has 2 heterocycles. The maximum Gasteiger partial charge on any atom is 0.252 e. The molecule has 1 aromatic rings. The van der Waals surface area contributed by atoms with Gasteiger partial charge in [-0.2, -0.15) is 0 Å². The van der Waals surface area contributed by atoms with Gasteiger partial charge in [-0.05, 0) is 57.4 Å². The summed E-state index contributed by atoms with van der Waals surface area (Å²) < 4.78 is 0. The summed E-state index contributed by atoms with van der Waals surface area (Å²) >= 11 is 1.34. The number of carbonyl (C=O) groups excluding carboxylic acids is 3. The van der Waals surface area contributed by atoms with Crippen LogP contribution in [0.25, 0.3) is 0 Å². The Morgan fingerprint density at radius 1 is 1.15 bits per heavy atom. The van der Waals surface area contributed by atoms with Crippen molar-refractivity contribution < 1.29 is 14.4 Å². The summed E-state index contributed by atoms with van der Waals surface area (Å²) in [4.78, 5) is 40.9. The number of amides is 3. The molecule has 3 aliphatic rings. The molecule has 0 aromatic carbocycles. The Morgan fingerprint density at radius 3 is 2.12 bits per heavy atom. The summed E-state index contributed by atoms with van der Waals surface area (Å²) in [6, 6.07) is 0. The quantitative estimate of drug-likeness (QED) is 0.653. The largest absolute Gasteiger partial charge is 0.365 e. The van der Waals surface area contributed by atoms with E-state index in [1.165, 1.54) is 27.4 Å². The van der Waals surface area contributed by atoms with Crippen molar-refractivity contribution in [2.45, 2.75) is 47.0 Å². The van der Waals surface area contributed by atoms with Crippen LogP contribution in [0, 0.1) is 30.6 Å². The molecule has 2 N–H and O–H groups in total. The second-order valence-corrected chi connectivity index (χ2v) is 9.05. The van der Waals surface area contributed by atoms with E-state index in [0.717, 1.165) is 23.3 Å². The number of rotatable bonds is 3. The highest BCUT2D eigenvalue weighted by molar-refractivity contribution is 7.17. The molecule has 3 amide bonds. The van der Waals surface area contributed by atoms with Gasteiger partial charge in [0.25, 0.3) is 5.91 Å². The van der Waals surface area contributed by atoms with E-state index in [4.69, 9.17) is 5.73 Å². The highest BCUT2D eigenvalue weighted by Gasteiger charge is 2.64. The zero-order valence-electron chi connectivity index (χ0n) is 15.6. The number of nitrogens with zero attached hydrogens (tertiary/aromatic N) is 1. The maximum atomic E-state index is 13.3. The first-order valence-electron chi connectivity index (χ1n) is 9.26. The number of carbonyl (C=O) groups is 3. The van der Waals surface area contributed by atoms with E-state index >= 15 is 0 Å². The van der Waals surface area contributed by atoms with Crippen LogP contribution in [-0.4, -0.2) is 17.7 Å². The molecule has 2 saturated carbocycles. The molecule has 2 bridgehead atoms. The van der Waals surface area contributed by atoms with Crippen LogP contribution in [-0.2, 0) is 16.0 Å². The molecule has 0 unspecified atom stereocenters. The van der Waals surface area contributed by atoms with Gasteiger partial charge in [-0.25, -0.2) is 4.90 Å². The highest BCUT2D eigenvalue weighted by atomic mass is 32.1. The molecule has 3 fully saturated rings. The predicted octanol–water partition coefficient (Wildman–Crippen LogP) is 3.20. The van der Waals surface area contributed by atoms with Gasteiger partial charge in [-0.15, -0.1) is 11.3 Å². The first-order chi connectivity index (χ1) is 12.3. The Morgan fingerprint density at radius 2 is 1.69 bits per heavy atom. The summed E-state index contributed by atoms with van der Waals surface area (Å²) in [5.74, 6) is -1.01. The zero-order valence-corrected chi connectivity index (χ0v) is 16.4. The molecule has 138 valence electrons. The van der Waals surface area contributed by atoms with Gasteiger partial charge in [0, 0.05) is 4.88 Å². The Bertz CT molecular complexity index is 846. The van der Waals surface area contributed by atoms with E-state index in [1.54, 1.807) is 0 Å². The highest BCUT2D eigenvalue weighted by Crippen LogP contribution is 2.61. The number of hydrogen-bond donors (Lipinski definition) is 1. The van der Waals surface area contributed by atoms with E-state index in [1.807, 2.05) is 13.8 Å². The maximum absolute atomic E-state index is 13.3. The Labute approximate surface area is 157 Å². The molecule has 6 heteroatoms. The molecular weight excluding hydrogens is 348 g/mol. The number of anilines is 1. The van der Waals surface area contributed by atoms with Crippen molar-refractivity contribution in [2.24, 2.45) is 29.4 Å². The number of thiophene rings is 1. The molecule has 26 heavy (non-hydrogen) atoms. The molecule has 4 rings (SSSR count).